The summed E-state index contributed by atoms with van der Waals surface area (Å²) in [7, 11) is 2.58. The number of hydrogen-bond acceptors (Lipinski definition) is 5. The molecule has 2 aromatic rings. The predicted octanol–water partition coefficient (Wildman–Crippen LogP) is 2.75. The molecule has 2 amide bonds. The number of carbonyl (C=O) groups excluding carboxylic acids is 3. The lowest BCUT2D eigenvalue weighted by Crippen LogP contribution is -2.28. The van der Waals surface area contributed by atoms with Crippen LogP contribution in [0.15, 0.2) is 36.4 Å². The van der Waals surface area contributed by atoms with Crippen molar-refractivity contribution >= 4 is 29.2 Å². The van der Waals surface area contributed by atoms with Gasteiger partial charge in [-0.25, -0.2) is 13.6 Å². The van der Waals surface area contributed by atoms with Gasteiger partial charge in [0.2, 0.25) is 11.8 Å². The fraction of sp³-hybridized carbons (Fsp3) is 0.250. The lowest BCUT2D eigenvalue weighted by molar-refractivity contribution is -0.122. The van der Waals surface area contributed by atoms with Gasteiger partial charge in [-0.05, 0) is 30.3 Å². The lowest BCUT2D eigenvalue weighted by Gasteiger charge is -2.17. The number of nitrogens with zero attached hydrogens (tertiary/aromatic N) is 1. The summed E-state index contributed by atoms with van der Waals surface area (Å²) in [5.74, 6) is -4.13. The first-order chi connectivity index (χ1) is 13.8. The Morgan fingerprint density at radius 3 is 2.41 bits per heavy atom. The maximum atomic E-state index is 14.0. The molecule has 0 saturated carbocycles. The zero-order valence-corrected chi connectivity index (χ0v) is 15.7. The van der Waals surface area contributed by atoms with Gasteiger partial charge in [-0.2, -0.15) is 0 Å². The van der Waals surface area contributed by atoms with Crippen molar-refractivity contribution in [2.75, 3.05) is 31.0 Å². The maximum Gasteiger partial charge on any atom is 0.340 e. The van der Waals surface area contributed by atoms with Gasteiger partial charge < -0.3 is 19.7 Å². The van der Waals surface area contributed by atoms with Crippen LogP contribution in [0, 0.1) is 17.6 Å². The molecule has 152 valence electrons. The van der Waals surface area contributed by atoms with Crippen LogP contribution in [-0.4, -0.2) is 38.5 Å². The molecule has 3 rings (SSSR count). The van der Waals surface area contributed by atoms with Gasteiger partial charge in [0.05, 0.1) is 31.4 Å². The molecule has 7 nitrogen and oxygen atoms in total. The number of amides is 2. The van der Waals surface area contributed by atoms with Crippen molar-refractivity contribution in [3.63, 3.8) is 0 Å². The van der Waals surface area contributed by atoms with Crippen LogP contribution in [0.25, 0.3) is 0 Å². The number of esters is 1. The monoisotopic (exact) mass is 404 g/mol. The molecule has 0 spiro atoms. The summed E-state index contributed by atoms with van der Waals surface area (Å²) in [6.45, 7) is 0.101. The minimum atomic E-state index is -1.10. The summed E-state index contributed by atoms with van der Waals surface area (Å²) >= 11 is 0. The summed E-state index contributed by atoms with van der Waals surface area (Å²) in [5, 5.41) is 2.32. The third-order valence-electron chi connectivity index (χ3n) is 4.60. The largest absolute Gasteiger partial charge is 0.497 e. The summed E-state index contributed by atoms with van der Waals surface area (Å²) in [6, 6.07) is 8.13. The number of ether oxygens (including phenoxy) is 2. The van der Waals surface area contributed by atoms with Gasteiger partial charge in [-0.3, -0.25) is 9.59 Å². The Balaban J connectivity index is 1.74. The molecule has 1 aliphatic rings. The highest BCUT2D eigenvalue weighted by atomic mass is 19.1. The molecule has 1 fully saturated rings. The number of hydrogen-bond donors (Lipinski definition) is 1. The van der Waals surface area contributed by atoms with Crippen molar-refractivity contribution in [1.29, 1.82) is 0 Å². The standard InChI is InChI=1S/C20H18F2N2O5/c1-28-13-5-3-12(4-6-13)24-10-11(7-18(24)25)19(26)23-17-8-14(20(27)29-2)15(21)9-16(17)22/h3-6,8-9,11H,7,10H2,1-2H3,(H,23,26). The van der Waals surface area contributed by atoms with Crippen LogP contribution < -0.4 is 15.0 Å². The molecule has 0 aliphatic carbocycles. The Kier molecular flexibility index (Phi) is 5.76. The zero-order valence-electron chi connectivity index (χ0n) is 15.7. The average Bonchev–Trinajstić information content (AvgIpc) is 3.11. The van der Waals surface area contributed by atoms with E-state index in [4.69, 9.17) is 4.74 Å². The van der Waals surface area contributed by atoms with Crippen molar-refractivity contribution in [3.8, 4) is 5.75 Å². The number of carbonyl (C=O) groups is 3. The highest BCUT2D eigenvalue weighted by Gasteiger charge is 2.35. The molecule has 9 heteroatoms. The molecule has 1 atom stereocenters. The number of rotatable bonds is 5. The molecule has 29 heavy (non-hydrogen) atoms. The van der Waals surface area contributed by atoms with Crippen molar-refractivity contribution < 1.29 is 32.6 Å². The van der Waals surface area contributed by atoms with Crippen LogP contribution in [0.5, 0.6) is 5.75 Å². The molecule has 0 aromatic heterocycles. The molecule has 1 unspecified atom stereocenters. The van der Waals surface area contributed by atoms with Crippen LogP contribution in [0.3, 0.4) is 0 Å². The van der Waals surface area contributed by atoms with Crippen LogP contribution in [0.1, 0.15) is 16.8 Å². The first-order valence-electron chi connectivity index (χ1n) is 8.66. The molecule has 1 saturated heterocycles. The molecular formula is C20H18F2N2O5. The number of methoxy groups -OCH3 is 2. The first-order valence-corrected chi connectivity index (χ1v) is 8.66. The number of halogens is 2. The first kappa shape index (κ1) is 20.2. The molecule has 0 bridgehead atoms. The minimum Gasteiger partial charge on any atom is -0.497 e. The molecule has 1 heterocycles. The Morgan fingerprint density at radius 2 is 1.79 bits per heavy atom. The van der Waals surface area contributed by atoms with Gasteiger partial charge in [-0.1, -0.05) is 0 Å². The molecular weight excluding hydrogens is 386 g/mol. The van der Waals surface area contributed by atoms with E-state index in [0.717, 1.165) is 13.2 Å². The Labute approximate surface area is 165 Å². The topological polar surface area (TPSA) is 84.9 Å². The van der Waals surface area contributed by atoms with Crippen molar-refractivity contribution in [2.45, 2.75) is 6.42 Å². The van der Waals surface area contributed by atoms with Gasteiger partial charge in [0.1, 0.15) is 17.4 Å². The van der Waals surface area contributed by atoms with Crippen LogP contribution in [0.2, 0.25) is 0 Å². The minimum absolute atomic E-state index is 0.0649. The van der Waals surface area contributed by atoms with Crippen LogP contribution in [-0.2, 0) is 14.3 Å². The third kappa shape index (κ3) is 4.18. The highest BCUT2D eigenvalue weighted by Crippen LogP contribution is 2.28. The fourth-order valence-electron chi connectivity index (χ4n) is 3.04. The quantitative estimate of drug-likeness (QED) is 0.775. The second-order valence-corrected chi connectivity index (χ2v) is 6.40. The normalized spacial score (nSPS) is 15.9. The van der Waals surface area contributed by atoms with E-state index >= 15 is 0 Å². The van der Waals surface area contributed by atoms with Crippen molar-refractivity contribution in [3.05, 3.63) is 53.6 Å². The Hall–Kier alpha value is -3.49. The van der Waals surface area contributed by atoms with E-state index in [-0.39, 0.29) is 24.6 Å². The van der Waals surface area contributed by atoms with E-state index in [1.165, 1.54) is 12.0 Å². The molecule has 1 N–H and O–H groups in total. The predicted molar refractivity (Wildman–Crippen MR) is 99.8 cm³/mol. The number of benzene rings is 2. The fourth-order valence-corrected chi connectivity index (χ4v) is 3.04. The SMILES string of the molecule is COC(=O)c1cc(NC(=O)C2CC(=O)N(c3ccc(OC)cc3)C2)c(F)cc1F. The van der Waals surface area contributed by atoms with Crippen LogP contribution >= 0.6 is 0 Å². The van der Waals surface area contributed by atoms with E-state index in [0.29, 0.717) is 17.5 Å². The highest BCUT2D eigenvalue weighted by molar-refractivity contribution is 6.04. The van der Waals surface area contributed by atoms with E-state index in [1.807, 2.05) is 0 Å². The van der Waals surface area contributed by atoms with E-state index < -0.39 is 35.0 Å². The van der Waals surface area contributed by atoms with Gasteiger partial charge in [0.15, 0.2) is 0 Å². The summed E-state index contributed by atoms with van der Waals surface area (Å²) in [5.41, 5.74) is -0.272. The second kappa shape index (κ2) is 8.26. The van der Waals surface area contributed by atoms with Gasteiger partial charge in [-0.15, -0.1) is 0 Å². The molecule has 2 aromatic carbocycles. The second-order valence-electron chi connectivity index (χ2n) is 6.40. The van der Waals surface area contributed by atoms with Gasteiger partial charge in [0, 0.05) is 24.7 Å². The zero-order chi connectivity index (χ0) is 21.1. The van der Waals surface area contributed by atoms with Gasteiger partial charge in [0.25, 0.3) is 0 Å². The third-order valence-corrected chi connectivity index (χ3v) is 4.60. The van der Waals surface area contributed by atoms with Crippen molar-refractivity contribution in [1.82, 2.24) is 0 Å². The average molecular weight is 404 g/mol. The lowest BCUT2D eigenvalue weighted by atomic mass is 10.1. The number of nitrogens with one attached hydrogen (secondary N) is 1. The van der Waals surface area contributed by atoms with E-state index in [1.54, 1.807) is 24.3 Å². The summed E-state index contributed by atoms with van der Waals surface area (Å²) in [6.07, 6.45) is -0.0649. The molecule has 1 aliphatic heterocycles. The summed E-state index contributed by atoms with van der Waals surface area (Å²) in [4.78, 5) is 37.9. The van der Waals surface area contributed by atoms with Crippen LogP contribution in [0.4, 0.5) is 20.2 Å². The Morgan fingerprint density at radius 1 is 1.10 bits per heavy atom. The summed E-state index contributed by atoms with van der Waals surface area (Å²) < 4.78 is 37.3. The number of anilines is 2. The smallest absolute Gasteiger partial charge is 0.340 e. The van der Waals surface area contributed by atoms with E-state index in [9.17, 15) is 23.2 Å². The molecule has 0 radical (unpaired) electrons. The maximum absolute atomic E-state index is 14.0. The van der Waals surface area contributed by atoms with E-state index in [2.05, 4.69) is 10.1 Å². The van der Waals surface area contributed by atoms with Crippen molar-refractivity contribution in [2.24, 2.45) is 5.92 Å². The Bertz CT molecular complexity index is 962. The van der Waals surface area contributed by atoms with Gasteiger partial charge >= 0.3 is 5.97 Å².